The van der Waals surface area contributed by atoms with Gasteiger partial charge < -0.3 is 14.7 Å². The summed E-state index contributed by atoms with van der Waals surface area (Å²) in [6, 6.07) is 15.3. The molecule has 10 heteroatoms. The molecule has 0 spiro atoms. The number of aryl methyl sites for hydroxylation is 1. The van der Waals surface area contributed by atoms with E-state index in [9.17, 15) is 19.5 Å². The summed E-state index contributed by atoms with van der Waals surface area (Å²) in [5, 5.41) is 12.1. The van der Waals surface area contributed by atoms with Crippen LogP contribution in [0.1, 0.15) is 39.3 Å². The summed E-state index contributed by atoms with van der Waals surface area (Å²) in [7, 11) is 0. The minimum absolute atomic E-state index is 0.0644. The molecular weight excluding hydrogens is 486 g/mol. The van der Waals surface area contributed by atoms with Crippen LogP contribution < -0.4 is 5.32 Å². The third kappa shape index (κ3) is 4.28. The maximum atomic E-state index is 13.1. The number of nitrogens with one attached hydrogen (secondary N) is 1. The summed E-state index contributed by atoms with van der Waals surface area (Å²) in [4.78, 5) is 43.2. The number of thiazole rings is 1. The van der Waals surface area contributed by atoms with Crippen molar-refractivity contribution in [1.82, 2.24) is 9.88 Å². The summed E-state index contributed by atoms with van der Waals surface area (Å²) in [6.07, 6.45) is -0.659. The minimum Gasteiger partial charge on any atom is -0.480 e. The van der Waals surface area contributed by atoms with Crippen molar-refractivity contribution in [2.45, 2.75) is 31.2 Å². The molecule has 1 aliphatic carbocycles. The number of carbonyl (C=O) groups is 3. The Morgan fingerprint density at radius 3 is 2.37 bits per heavy atom. The highest BCUT2D eigenvalue weighted by atomic mass is 32.2. The summed E-state index contributed by atoms with van der Waals surface area (Å²) >= 11 is 2.43. The molecule has 2 aliphatic rings. The number of ether oxygens (including phenoxy) is 1. The van der Waals surface area contributed by atoms with Crippen molar-refractivity contribution in [3.8, 4) is 11.1 Å². The fourth-order valence-electron chi connectivity index (χ4n) is 4.63. The highest BCUT2D eigenvalue weighted by molar-refractivity contribution is 8.00. The van der Waals surface area contributed by atoms with Gasteiger partial charge in [-0.05, 0) is 36.1 Å². The molecule has 1 aromatic heterocycles. The topological polar surface area (TPSA) is 109 Å². The molecule has 2 heterocycles. The van der Waals surface area contributed by atoms with Gasteiger partial charge in [-0.2, -0.15) is 0 Å². The van der Waals surface area contributed by atoms with E-state index in [1.807, 2.05) is 36.4 Å². The Balaban J connectivity index is 1.27. The molecular formula is C25H23N3O5S2. The first-order valence-electron chi connectivity index (χ1n) is 11.1. The van der Waals surface area contributed by atoms with Crippen molar-refractivity contribution < 1.29 is 24.2 Å². The second-order valence-corrected chi connectivity index (χ2v) is 10.7. The number of thioether (sulfide) groups is 1. The maximum absolute atomic E-state index is 13.1. The van der Waals surface area contributed by atoms with Crippen LogP contribution in [-0.4, -0.2) is 56.7 Å². The fourth-order valence-corrected chi connectivity index (χ4v) is 6.69. The third-order valence-electron chi connectivity index (χ3n) is 6.29. The number of nitrogens with zero attached hydrogens (tertiary/aromatic N) is 2. The van der Waals surface area contributed by atoms with Gasteiger partial charge in [0.2, 0.25) is 0 Å². The van der Waals surface area contributed by atoms with Gasteiger partial charge in [-0.1, -0.05) is 59.9 Å². The smallest absolute Gasteiger partial charge is 0.413 e. The van der Waals surface area contributed by atoms with Crippen molar-refractivity contribution in [2.24, 2.45) is 0 Å². The molecule has 0 bridgehead atoms. The first kappa shape index (κ1) is 23.4. The van der Waals surface area contributed by atoms with E-state index in [0.717, 1.165) is 33.6 Å². The van der Waals surface area contributed by atoms with E-state index in [0.29, 0.717) is 16.3 Å². The number of carboxylic acids is 1. The van der Waals surface area contributed by atoms with Crippen LogP contribution in [0.3, 0.4) is 0 Å². The van der Waals surface area contributed by atoms with Crippen LogP contribution in [-0.2, 0) is 9.53 Å². The molecule has 1 saturated heterocycles. The minimum atomic E-state index is -1.03. The Kier molecular flexibility index (Phi) is 6.24. The van der Waals surface area contributed by atoms with Gasteiger partial charge in [0.05, 0.1) is 11.1 Å². The van der Waals surface area contributed by atoms with Crippen LogP contribution in [0.15, 0.2) is 48.5 Å². The van der Waals surface area contributed by atoms with Crippen LogP contribution in [0.25, 0.3) is 11.1 Å². The van der Waals surface area contributed by atoms with Crippen LogP contribution in [0.5, 0.6) is 0 Å². The number of hydrogen-bond acceptors (Lipinski definition) is 7. The van der Waals surface area contributed by atoms with Gasteiger partial charge in [0.1, 0.15) is 17.5 Å². The van der Waals surface area contributed by atoms with E-state index >= 15 is 0 Å². The van der Waals surface area contributed by atoms with E-state index in [1.54, 1.807) is 13.8 Å². The molecule has 2 amide bonds. The van der Waals surface area contributed by atoms with Crippen LogP contribution in [0.4, 0.5) is 9.93 Å². The molecule has 0 radical (unpaired) electrons. The number of aromatic nitrogens is 1. The molecule has 0 saturated carbocycles. The second kappa shape index (κ2) is 9.35. The summed E-state index contributed by atoms with van der Waals surface area (Å²) in [6.45, 7) is 3.63. The van der Waals surface area contributed by atoms with E-state index in [2.05, 4.69) is 22.4 Å². The van der Waals surface area contributed by atoms with E-state index in [1.165, 1.54) is 16.7 Å². The lowest BCUT2D eigenvalue weighted by atomic mass is 9.98. The number of hydrogen-bond donors (Lipinski definition) is 2. The zero-order valence-electron chi connectivity index (χ0n) is 19.1. The van der Waals surface area contributed by atoms with Crippen LogP contribution in [0.2, 0.25) is 0 Å². The molecule has 5 rings (SSSR count). The van der Waals surface area contributed by atoms with Crippen molar-refractivity contribution in [3.63, 3.8) is 0 Å². The van der Waals surface area contributed by atoms with Gasteiger partial charge in [-0.3, -0.25) is 10.1 Å². The van der Waals surface area contributed by atoms with Crippen molar-refractivity contribution in [3.05, 3.63) is 70.2 Å². The van der Waals surface area contributed by atoms with Gasteiger partial charge in [0, 0.05) is 11.7 Å². The Morgan fingerprint density at radius 2 is 1.74 bits per heavy atom. The van der Waals surface area contributed by atoms with Gasteiger partial charge in [0.15, 0.2) is 5.13 Å². The number of amides is 2. The Hall–Kier alpha value is -3.37. The quantitative estimate of drug-likeness (QED) is 0.508. The monoisotopic (exact) mass is 509 g/mol. The first-order valence-corrected chi connectivity index (χ1v) is 13.0. The Morgan fingerprint density at radius 1 is 1.11 bits per heavy atom. The number of benzene rings is 2. The average molecular weight is 510 g/mol. The number of carboxylic acid groups (broad SMARTS) is 1. The lowest BCUT2D eigenvalue weighted by molar-refractivity contribution is -0.141. The lowest BCUT2D eigenvalue weighted by Crippen LogP contribution is -2.44. The summed E-state index contributed by atoms with van der Waals surface area (Å²) in [5.74, 6) is -1.16. The van der Waals surface area contributed by atoms with Gasteiger partial charge in [0.25, 0.3) is 5.91 Å². The fraction of sp³-hybridized carbons (Fsp3) is 0.280. The largest absolute Gasteiger partial charge is 0.480 e. The molecule has 2 unspecified atom stereocenters. The molecule has 180 valence electrons. The van der Waals surface area contributed by atoms with Crippen molar-refractivity contribution in [2.75, 3.05) is 17.7 Å². The van der Waals surface area contributed by atoms with Gasteiger partial charge in [-0.15, -0.1) is 11.8 Å². The number of anilines is 1. The zero-order chi connectivity index (χ0) is 24.7. The predicted molar refractivity (Wildman–Crippen MR) is 135 cm³/mol. The molecule has 35 heavy (non-hydrogen) atoms. The number of rotatable bonds is 5. The Bertz CT molecular complexity index is 1280. The first-order chi connectivity index (χ1) is 16.8. The SMILES string of the molecule is Cc1nc(NC(=O)OCC2c3ccccc3-c3ccccc32)sc1C(=O)N1C(C)SCC1C(=O)O. The molecule has 1 aliphatic heterocycles. The second-order valence-electron chi connectivity index (χ2n) is 8.38. The van der Waals surface area contributed by atoms with Crippen LogP contribution in [0, 0.1) is 6.92 Å². The van der Waals surface area contributed by atoms with Crippen molar-refractivity contribution in [1.29, 1.82) is 0 Å². The van der Waals surface area contributed by atoms with Crippen LogP contribution >= 0.6 is 23.1 Å². The van der Waals surface area contributed by atoms with Gasteiger partial charge >= 0.3 is 12.1 Å². The molecule has 2 aromatic carbocycles. The molecule has 1 fully saturated rings. The van der Waals surface area contributed by atoms with E-state index < -0.39 is 24.0 Å². The van der Waals surface area contributed by atoms with E-state index in [4.69, 9.17) is 4.74 Å². The highest BCUT2D eigenvalue weighted by Crippen LogP contribution is 2.44. The van der Waals surface area contributed by atoms with E-state index in [-0.39, 0.29) is 23.0 Å². The van der Waals surface area contributed by atoms with Crippen molar-refractivity contribution >= 4 is 46.2 Å². The zero-order valence-corrected chi connectivity index (χ0v) is 20.7. The molecule has 2 N–H and O–H groups in total. The maximum Gasteiger partial charge on any atom is 0.413 e. The number of carbonyl (C=O) groups excluding carboxylic acids is 2. The highest BCUT2D eigenvalue weighted by Gasteiger charge is 2.41. The van der Waals surface area contributed by atoms with Gasteiger partial charge in [-0.25, -0.2) is 14.6 Å². The predicted octanol–water partition coefficient (Wildman–Crippen LogP) is 4.80. The number of aliphatic carboxylic acids is 1. The molecule has 8 nitrogen and oxygen atoms in total. The Labute approximate surface area is 210 Å². The normalized spacial score (nSPS) is 18.7. The third-order valence-corrected chi connectivity index (χ3v) is 8.56. The molecule has 2 atom stereocenters. The molecule has 3 aromatic rings. The average Bonchev–Trinajstić information content (AvgIpc) is 3.50. The lowest BCUT2D eigenvalue weighted by Gasteiger charge is -2.24. The summed E-state index contributed by atoms with van der Waals surface area (Å²) in [5.41, 5.74) is 4.95. The standard InChI is InChI=1S/C25H23N3O5S2/c1-13-21(22(29)28-14(2)34-12-20(28)23(30)31)35-24(26-13)27-25(32)33-11-19-17-9-5-3-7-15(17)16-8-4-6-10-18(16)19/h3-10,14,19-20H,11-12H2,1-2H3,(H,30,31)(H,26,27,32). The number of fused-ring (bicyclic) bond motifs is 3. The summed E-state index contributed by atoms with van der Waals surface area (Å²) < 4.78 is 5.56.